The van der Waals surface area contributed by atoms with Gasteiger partial charge >= 0.3 is 0 Å². The molecule has 17 heavy (non-hydrogen) atoms. The van der Waals surface area contributed by atoms with Gasteiger partial charge in [0.2, 0.25) is 0 Å². The summed E-state index contributed by atoms with van der Waals surface area (Å²) < 4.78 is 0. The molecule has 3 heteroatoms. The van der Waals surface area contributed by atoms with E-state index in [2.05, 4.69) is 11.9 Å². The normalized spacial score (nSPS) is 11.7. The van der Waals surface area contributed by atoms with Gasteiger partial charge in [-0.3, -0.25) is 0 Å². The first kappa shape index (κ1) is 14.1. The first-order chi connectivity index (χ1) is 8.33. The van der Waals surface area contributed by atoms with E-state index in [0.717, 1.165) is 11.4 Å². The van der Waals surface area contributed by atoms with Crippen LogP contribution in [0.25, 0.3) is 0 Å². The predicted molar refractivity (Wildman–Crippen MR) is 78.9 cm³/mol. The number of amidine groups is 1. The molecule has 1 aromatic rings. The van der Waals surface area contributed by atoms with E-state index in [1.165, 1.54) is 32.1 Å². The molecule has 0 aliphatic carbocycles. The third-order valence-corrected chi connectivity index (χ3v) is 3.37. The maximum atomic E-state index is 5.86. The number of rotatable bonds is 7. The fourth-order valence-corrected chi connectivity index (χ4v) is 2.27. The highest BCUT2D eigenvalue weighted by atomic mass is 32.2. The molecule has 0 aliphatic heterocycles. The van der Waals surface area contributed by atoms with Crippen molar-refractivity contribution in [3.63, 3.8) is 0 Å². The summed E-state index contributed by atoms with van der Waals surface area (Å²) in [6.07, 6.45) is 6.52. The average molecular weight is 250 g/mol. The Balaban J connectivity index is 2.17. The van der Waals surface area contributed by atoms with Crippen molar-refractivity contribution in [2.24, 2.45) is 10.7 Å². The number of benzene rings is 1. The van der Waals surface area contributed by atoms with E-state index in [-0.39, 0.29) is 0 Å². The average Bonchev–Trinajstić information content (AvgIpc) is 2.35. The van der Waals surface area contributed by atoms with E-state index in [4.69, 9.17) is 5.73 Å². The van der Waals surface area contributed by atoms with E-state index in [1.54, 1.807) is 11.8 Å². The summed E-state index contributed by atoms with van der Waals surface area (Å²) in [4.78, 5) is 4.35. The predicted octanol–water partition coefficient (Wildman–Crippen LogP) is 4.34. The summed E-state index contributed by atoms with van der Waals surface area (Å²) in [5.41, 5.74) is 6.79. The molecule has 1 rings (SSSR count). The van der Waals surface area contributed by atoms with Gasteiger partial charge in [-0.05, 0) is 18.6 Å². The molecule has 0 aliphatic rings. The van der Waals surface area contributed by atoms with Gasteiger partial charge in [-0.25, -0.2) is 4.99 Å². The zero-order valence-electron chi connectivity index (χ0n) is 10.6. The maximum absolute atomic E-state index is 5.86. The van der Waals surface area contributed by atoms with Crippen molar-refractivity contribution in [1.82, 2.24) is 0 Å². The molecule has 0 saturated heterocycles. The molecule has 94 valence electrons. The van der Waals surface area contributed by atoms with E-state index in [0.29, 0.717) is 5.17 Å². The van der Waals surface area contributed by atoms with Crippen molar-refractivity contribution in [3.05, 3.63) is 30.3 Å². The van der Waals surface area contributed by atoms with E-state index >= 15 is 0 Å². The maximum Gasteiger partial charge on any atom is 0.159 e. The molecule has 0 unspecified atom stereocenters. The minimum Gasteiger partial charge on any atom is -0.378 e. The summed E-state index contributed by atoms with van der Waals surface area (Å²) in [5, 5.41) is 0.673. The van der Waals surface area contributed by atoms with Crippen LogP contribution in [0.15, 0.2) is 35.3 Å². The Morgan fingerprint density at radius 2 is 1.82 bits per heavy atom. The van der Waals surface area contributed by atoms with Crippen LogP contribution in [0.5, 0.6) is 0 Å². The Kier molecular flexibility index (Phi) is 7.56. The van der Waals surface area contributed by atoms with Crippen LogP contribution in [-0.2, 0) is 0 Å². The number of unbranched alkanes of at least 4 members (excludes halogenated alkanes) is 4. The lowest BCUT2D eigenvalue weighted by molar-refractivity contribution is 0.659. The van der Waals surface area contributed by atoms with Crippen molar-refractivity contribution in [1.29, 1.82) is 0 Å². The minimum atomic E-state index is 0.673. The number of hydrogen-bond donors (Lipinski definition) is 1. The van der Waals surface area contributed by atoms with Crippen molar-refractivity contribution >= 4 is 22.6 Å². The van der Waals surface area contributed by atoms with Crippen LogP contribution in [0.1, 0.15) is 39.0 Å². The van der Waals surface area contributed by atoms with Gasteiger partial charge in [0, 0.05) is 5.75 Å². The minimum absolute atomic E-state index is 0.673. The van der Waals surface area contributed by atoms with Crippen LogP contribution in [0.3, 0.4) is 0 Å². The number of para-hydroxylation sites is 1. The first-order valence-corrected chi connectivity index (χ1v) is 7.33. The fraction of sp³-hybridized carbons (Fsp3) is 0.500. The second-order valence-electron chi connectivity index (χ2n) is 4.05. The third kappa shape index (κ3) is 7.05. The Hall–Kier alpha value is -0.960. The Morgan fingerprint density at radius 1 is 1.12 bits per heavy atom. The summed E-state index contributed by atoms with van der Waals surface area (Å²) in [6, 6.07) is 9.86. The van der Waals surface area contributed by atoms with Crippen LogP contribution in [0.2, 0.25) is 0 Å². The molecular weight excluding hydrogens is 228 g/mol. The quantitative estimate of drug-likeness (QED) is 0.444. The number of hydrogen-bond acceptors (Lipinski definition) is 2. The molecule has 0 heterocycles. The van der Waals surface area contributed by atoms with Gasteiger partial charge in [0.1, 0.15) is 0 Å². The van der Waals surface area contributed by atoms with Crippen molar-refractivity contribution < 1.29 is 0 Å². The Bertz CT molecular complexity index is 322. The van der Waals surface area contributed by atoms with Gasteiger partial charge in [-0.15, -0.1) is 0 Å². The molecule has 0 atom stereocenters. The molecule has 0 fully saturated rings. The zero-order chi connectivity index (χ0) is 12.3. The van der Waals surface area contributed by atoms with Gasteiger partial charge < -0.3 is 5.73 Å². The lowest BCUT2D eigenvalue weighted by Crippen LogP contribution is -2.06. The van der Waals surface area contributed by atoms with E-state index in [1.807, 2.05) is 30.3 Å². The summed E-state index contributed by atoms with van der Waals surface area (Å²) in [7, 11) is 0. The third-order valence-electron chi connectivity index (χ3n) is 2.49. The topological polar surface area (TPSA) is 38.4 Å². The zero-order valence-corrected chi connectivity index (χ0v) is 11.4. The fourth-order valence-electron chi connectivity index (χ4n) is 1.54. The van der Waals surface area contributed by atoms with Crippen LogP contribution in [0.4, 0.5) is 5.69 Å². The van der Waals surface area contributed by atoms with E-state index < -0.39 is 0 Å². The Labute approximate surface area is 109 Å². The van der Waals surface area contributed by atoms with Crippen LogP contribution >= 0.6 is 11.8 Å². The molecule has 0 amide bonds. The summed E-state index contributed by atoms with van der Waals surface area (Å²) in [6.45, 7) is 2.24. The number of nitrogens with zero attached hydrogens (tertiary/aromatic N) is 1. The van der Waals surface area contributed by atoms with Crippen molar-refractivity contribution in [2.45, 2.75) is 39.0 Å². The van der Waals surface area contributed by atoms with Crippen LogP contribution in [0, 0.1) is 0 Å². The molecule has 0 saturated carbocycles. The van der Waals surface area contributed by atoms with Crippen LogP contribution < -0.4 is 5.73 Å². The largest absolute Gasteiger partial charge is 0.378 e. The molecule has 0 aromatic heterocycles. The number of aliphatic imine (C=N–C) groups is 1. The van der Waals surface area contributed by atoms with Gasteiger partial charge in [-0.2, -0.15) is 0 Å². The molecule has 0 radical (unpaired) electrons. The van der Waals surface area contributed by atoms with Crippen molar-refractivity contribution in [2.75, 3.05) is 5.75 Å². The van der Waals surface area contributed by atoms with Gasteiger partial charge in [-0.1, -0.05) is 62.6 Å². The number of thioether (sulfide) groups is 1. The van der Waals surface area contributed by atoms with Crippen LogP contribution in [-0.4, -0.2) is 10.9 Å². The lowest BCUT2D eigenvalue weighted by Gasteiger charge is -2.01. The SMILES string of the molecule is CCCCCCCSC(N)=Nc1ccccc1. The van der Waals surface area contributed by atoms with E-state index in [9.17, 15) is 0 Å². The molecule has 0 spiro atoms. The van der Waals surface area contributed by atoms with Gasteiger partial charge in [0.05, 0.1) is 5.69 Å². The second kappa shape index (κ2) is 9.11. The smallest absolute Gasteiger partial charge is 0.159 e. The standard InChI is InChI=1S/C14H22N2S/c1-2-3-4-5-9-12-17-14(15)16-13-10-7-6-8-11-13/h6-8,10-11H,2-5,9,12H2,1H3,(H2,15,16). The highest BCUT2D eigenvalue weighted by Gasteiger charge is 1.95. The lowest BCUT2D eigenvalue weighted by atomic mass is 10.2. The molecule has 1 aromatic carbocycles. The molecule has 0 bridgehead atoms. The molecule has 2 N–H and O–H groups in total. The summed E-state index contributed by atoms with van der Waals surface area (Å²) >= 11 is 1.66. The molecular formula is C14H22N2S. The van der Waals surface area contributed by atoms with Gasteiger partial charge in [0.25, 0.3) is 0 Å². The Morgan fingerprint density at radius 3 is 2.53 bits per heavy atom. The highest BCUT2D eigenvalue weighted by molar-refractivity contribution is 8.13. The summed E-state index contributed by atoms with van der Waals surface area (Å²) in [5.74, 6) is 1.08. The van der Waals surface area contributed by atoms with Gasteiger partial charge in [0.15, 0.2) is 5.17 Å². The monoisotopic (exact) mass is 250 g/mol. The highest BCUT2D eigenvalue weighted by Crippen LogP contribution is 2.14. The molecule has 2 nitrogen and oxygen atoms in total. The number of nitrogens with two attached hydrogens (primary N) is 1. The second-order valence-corrected chi connectivity index (χ2v) is 5.16. The van der Waals surface area contributed by atoms with Crippen molar-refractivity contribution in [3.8, 4) is 0 Å². The first-order valence-electron chi connectivity index (χ1n) is 6.35.